The third-order valence-electron chi connectivity index (χ3n) is 4.75. The lowest BCUT2D eigenvalue weighted by Crippen LogP contribution is -2.47. The van der Waals surface area contributed by atoms with Crippen molar-refractivity contribution >= 4 is 35.0 Å². The van der Waals surface area contributed by atoms with Crippen LogP contribution in [-0.4, -0.2) is 35.9 Å². The van der Waals surface area contributed by atoms with Gasteiger partial charge in [-0.3, -0.25) is 9.59 Å². The van der Waals surface area contributed by atoms with E-state index >= 15 is 0 Å². The molecule has 3 rings (SSSR count). The molecule has 2 aromatic rings. The largest absolute Gasteiger partial charge is 0.481 e. The third-order valence-corrected chi connectivity index (χ3v) is 5.49. The number of likely N-dealkylation sites (tertiary alicyclic amines) is 1. The zero-order chi connectivity index (χ0) is 20.1. The van der Waals surface area contributed by atoms with Crippen molar-refractivity contribution in [2.75, 3.05) is 13.1 Å². The van der Waals surface area contributed by atoms with Crippen molar-refractivity contribution in [2.45, 2.75) is 32.4 Å². The fraction of sp³-hybridized carbons (Fsp3) is 0.400. The van der Waals surface area contributed by atoms with Crippen LogP contribution in [0.1, 0.15) is 25.5 Å². The number of amides is 2. The van der Waals surface area contributed by atoms with E-state index in [9.17, 15) is 9.59 Å². The summed E-state index contributed by atoms with van der Waals surface area (Å²) in [6.07, 6.45) is 2.17. The molecule has 2 amide bonds. The van der Waals surface area contributed by atoms with Gasteiger partial charge in [-0.2, -0.15) is 0 Å². The average Bonchev–Trinajstić information content (AvgIpc) is 3.22. The number of hydrogen-bond donors (Lipinski definition) is 1. The van der Waals surface area contributed by atoms with Crippen LogP contribution in [0.5, 0.6) is 5.75 Å². The highest BCUT2D eigenvalue weighted by Crippen LogP contribution is 2.27. The van der Waals surface area contributed by atoms with E-state index in [4.69, 9.17) is 32.4 Å². The Balaban J connectivity index is 1.46. The van der Waals surface area contributed by atoms with Gasteiger partial charge in [-0.1, -0.05) is 23.2 Å². The highest BCUT2D eigenvalue weighted by molar-refractivity contribution is 6.42. The van der Waals surface area contributed by atoms with Crippen LogP contribution in [0, 0.1) is 5.92 Å². The van der Waals surface area contributed by atoms with Gasteiger partial charge in [-0.05, 0) is 44.0 Å². The van der Waals surface area contributed by atoms with Crippen LogP contribution >= 0.6 is 23.2 Å². The van der Waals surface area contributed by atoms with E-state index < -0.39 is 6.10 Å². The summed E-state index contributed by atoms with van der Waals surface area (Å²) in [5.74, 6) is 0.978. The minimum absolute atomic E-state index is 0.0106. The molecule has 1 unspecified atom stereocenters. The fourth-order valence-electron chi connectivity index (χ4n) is 3.16. The molecule has 2 heterocycles. The summed E-state index contributed by atoms with van der Waals surface area (Å²) >= 11 is 11.9. The lowest BCUT2D eigenvalue weighted by molar-refractivity contribution is -0.141. The van der Waals surface area contributed by atoms with Gasteiger partial charge in [0.25, 0.3) is 5.91 Å². The SMILES string of the molecule is CC(Oc1ccc(Cl)c(Cl)c1)C(=O)N1CCC(C(=O)NCc2ccco2)CC1. The molecule has 0 saturated carbocycles. The summed E-state index contributed by atoms with van der Waals surface area (Å²) < 4.78 is 10.9. The van der Waals surface area contributed by atoms with Gasteiger partial charge in [0, 0.05) is 25.1 Å². The second-order valence-corrected chi connectivity index (χ2v) is 7.55. The predicted octanol–water partition coefficient (Wildman–Crippen LogP) is 3.91. The summed E-state index contributed by atoms with van der Waals surface area (Å²) in [5, 5.41) is 3.69. The van der Waals surface area contributed by atoms with E-state index in [1.54, 1.807) is 42.4 Å². The van der Waals surface area contributed by atoms with E-state index in [2.05, 4.69) is 5.32 Å². The highest BCUT2D eigenvalue weighted by Gasteiger charge is 2.30. The summed E-state index contributed by atoms with van der Waals surface area (Å²) in [6, 6.07) is 8.49. The van der Waals surface area contributed by atoms with Gasteiger partial charge in [0.05, 0.1) is 22.9 Å². The highest BCUT2D eigenvalue weighted by atomic mass is 35.5. The van der Waals surface area contributed by atoms with Crippen molar-refractivity contribution in [1.82, 2.24) is 10.2 Å². The Labute approximate surface area is 173 Å². The molecule has 1 aliphatic rings. The molecule has 1 aliphatic heterocycles. The molecular formula is C20H22Cl2N2O4. The fourth-order valence-corrected chi connectivity index (χ4v) is 3.44. The maximum absolute atomic E-state index is 12.6. The minimum Gasteiger partial charge on any atom is -0.481 e. The first-order chi connectivity index (χ1) is 13.4. The molecule has 0 radical (unpaired) electrons. The smallest absolute Gasteiger partial charge is 0.263 e. The van der Waals surface area contributed by atoms with Crippen LogP contribution in [0.15, 0.2) is 41.0 Å². The molecule has 1 N–H and O–H groups in total. The number of benzene rings is 1. The molecule has 1 aromatic carbocycles. The molecule has 1 aromatic heterocycles. The van der Waals surface area contributed by atoms with Crippen molar-refractivity contribution in [1.29, 1.82) is 0 Å². The Morgan fingerprint density at radius 2 is 2.00 bits per heavy atom. The number of piperidine rings is 1. The van der Waals surface area contributed by atoms with Crippen molar-refractivity contribution in [3.8, 4) is 5.75 Å². The number of carbonyl (C=O) groups excluding carboxylic acids is 2. The van der Waals surface area contributed by atoms with Crippen LogP contribution < -0.4 is 10.1 Å². The first-order valence-electron chi connectivity index (χ1n) is 9.14. The van der Waals surface area contributed by atoms with Crippen LogP contribution in [0.2, 0.25) is 10.0 Å². The second kappa shape index (κ2) is 9.34. The van der Waals surface area contributed by atoms with Gasteiger partial charge in [-0.25, -0.2) is 0 Å². The maximum atomic E-state index is 12.6. The number of ether oxygens (including phenoxy) is 1. The molecule has 0 aliphatic carbocycles. The Hall–Kier alpha value is -2.18. The van der Waals surface area contributed by atoms with Crippen LogP contribution in [0.4, 0.5) is 0 Å². The summed E-state index contributed by atoms with van der Waals surface area (Å²) in [4.78, 5) is 26.7. The van der Waals surface area contributed by atoms with E-state index in [1.807, 2.05) is 6.07 Å². The number of hydrogen-bond acceptors (Lipinski definition) is 4. The van der Waals surface area contributed by atoms with Crippen LogP contribution in [0.3, 0.4) is 0 Å². The molecule has 0 bridgehead atoms. The molecular weight excluding hydrogens is 403 g/mol. The van der Waals surface area contributed by atoms with Crippen molar-refractivity contribution < 1.29 is 18.7 Å². The molecule has 1 atom stereocenters. The van der Waals surface area contributed by atoms with Crippen molar-refractivity contribution in [3.05, 3.63) is 52.4 Å². The van der Waals surface area contributed by atoms with E-state index in [1.165, 1.54) is 0 Å². The Kier molecular flexibility index (Phi) is 6.86. The summed E-state index contributed by atoms with van der Waals surface area (Å²) in [6.45, 7) is 3.12. The molecule has 8 heteroatoms. The molecule has 150 valence electrons. The normalized spacial score (nSPS) is 15.9. The number of halogens is 2. The Morgan fingerprint density at radius 3 is 2.64 bits per heavy atom. The molecule has 28 heavy (non-hydrogen) atoms. The molecule has 1 fully saturated rings. The maximum Gasteiger partial charge on any atom is 0.263 e. The van der Waals surface area contributed by atoms with Crippen LogP contribution in [0.25, 0.3) is 0 Å². The Morgan fingerprint density at radius 1 is 1.25 bits per heavy atom. The molecule has 0 spiro atoms. The minimum atomic E-state index is -0.651. The quantitative estimate of drug-likeness (QED) is 0.762. The number of nitrogens with zero attached hydrogens (tertiary/aromatic N) is 1. The standard InChI is InChI=1S/C20H22Cl2N2O4/c1-13(28-15-4-5-17(21)18(22)11-15)20(26)24-8-6-14(7-9-24)19(25)23-12-16-3-2-10-27-16/h2-5,10-11,13-14H,6-9,12H2,1H3,(H,23,25). The van der Waals surface area contributed by atoms with Gasteiger partial charge >= 0.3 is 0 Å². The number of rotatable bonds is 6. The van der Waals surface area contributed by atoms with E-state index in [0.29, 0.717) is 54.0 Å². The van der Waals surface area contributed by atoms with Gasteiger partial charge in [0.15, 0.2) is 6.10 Å². The van der Waals surface area contributed by atoms with E-state index in [0.717, 1.165) is 0 Å². The zero-order valence-corrected chi connectivity index (χ0v) is 17.0. The van der Waals surface area contributed by atoms with Gasteiger partial charge in [0.1, 0.15) is 11.5 Å². The second-order valence-electron chi connectivity index (χ2n) is 6.73. The monoisotopic (exact) mass is 424 g/mol. The summed E-state index contributed by atoms with van der Waals surface area (Å²) in [5.41, 5.74) is 0. The van der Waals surface area contributed by atoms with Crippen molar-refractivity contribution in [2.24, 2.45) is 5.92 Å². The summed E-state index contributed by atoms with van der Waals surface area (Å²) in [7, 11) is 0. The average molecular weight is 425 g/mol. The van der Waals surface area contributed by atoms with Gasteiger partial charge < -0.3 is 19.4 Å². The zero-order valence-electron chi connectivity index (χ0n) is 15.5. The number of nitrogens with one attached hydrogen (secondary N) is 1. The number of furan rings is 1. The first-order valence-corrected chi connectivity index (χ1v) is 9.90. The van der Waals surface area contributed by atoms with Gasteiger partial charge in [-0.15, -0.1) is 0 Å². The Bertz CT molecular complexity index is 818. The van der Waals surface area contributed by atoms with Crippen LogP contribution in [-0.2, 0) is 16.1 Å². The topological polar surface area (TPSA) is 71.8 Å². The van der Waals surface area contributed by atoms with Gasteiger partial charge in [0.2, 0.25) is 5.91 Å². The van der Waals surface area contributed by atoms with Crippen molar-refractivity contribution in [3.63, 3.8) is 0 Å². The molecule has 1 saturated heterocycles. The lowest BCUT2D eigenvalue weighted by Gasteiger charge is -2.33. The lowest BCUT2D eigenvalue weighted by atomic mass is 9.95. The first kappa shape index (κ1) is 20.6. The predicted molar refractivity (Wildman–Crippen MR) is 106 cm³/mol. The third kappa shape index (κ3) is 5.20. The molecule has 6 nitrogen and oxygen atoms in total. The van der Waals surface area contributed by atoms with E-state index in [-0.39, 0.29) is 17.7 Å². The number of carbonyl (C=O) groups is 2.